The van der Waals surface area contributed by atoms with Crippen molar-refractivity contribution >= 4 is 11.6 Å². The molecule has 3 nitrogen and oxygen atoms in total. The molecule has 86 valence electrons. The van der Waals surface area contributed by atoms with E-state index in [1.807, 2.05) is 13.0 Å². The molecule has 0 saturated carbocycles. The molecular formula is C12H14ClNO2. The van der Waals surface area contributed by atoms with E-state index in [1.165, 1.54) is 0 Å². The van der Waals surface area contributed by atoms with Gasteiger partial charge < -0.3 is 9.84 Å². The van der Waals surface area contributed by atoms with Gasteiger partial charge in [0.1, 0.15) is 6.07 Å². The van der Waals surface area contributed by atoms with E-state index in [0.29, 0.717) is 28.5 Å². The maximum Gasteiger partial charge on any atom is 0.155 e. The van der Waals surface area contributed by atoms with Crippen LogP contribution in [0.5, 0.6) is 5.75 Å². The number of benzene rings is 1. The number of rotatable bonds is 3. The molecule has 0 heterocycles. The van der Waals surface area contributed by atoms with Crippen LogP contribution in [0.1, 0.15) is 31.9 Å². The third-order valence-electron chi connectivity index (χ3n) is 2.16. The minimum Gasteiger partial charge on any atom is -0.491 e. The lowest BCUT2D eigenvalue weighted by Crippen LogP contribution is -2.16. The summed E-state index contributed by atoms with van der Waals surface area (Å²) in [5, 5.41) is 19.2. The summed E-state index contributed by atoms with van der Waals surface area (Å²) in [5.74, 6) is 0.375. The molecule has 0 radical (unpaired) electrons. The Hall–Kier alpha value is -1.24. The molecule has 0 amide bonds. The smallest absolute Gasteiger partial charge is 0.155 e. The molecule has 16 heavy (non-hydrogen) atoms. The molecule has 0 spiro atoms. The van der Waals surface area contributed by atoms with E-state index < -0.39 is 5.60 Å². The Bertz CT molecular complexity index is 430. The molecule has 4 heteroatoms. The molecule has 1 aromatic rings. The van der Waals surface area contributed by atoms with Crippen LogP contribution in [0.2, 0.25) is 5.02 Å². The minimum atomic E-state index is -1.03. The van der Waals surface area contributed by atoms with E-state index in [0.717, 1.165) is 0 Å². The van der Waals surface area contributed by atoms with Crippen LogP contribution < -0.4 is 4.74 Å². The lowest BCUT2D eigenvalue weighted by Gasteiger charge is -2.19. The van der Waals surface area contributed by atoms with Crippen LogP contribution in [0, 0.1) is 11.3 Å². The van der Waals surface area contributed by atoms with Gasteiger partial charge in [0.25, 0.3) is 0 Å². The number of hydrogen-bond acceptors (Lipinski definition) is 3. The van der Waals surface area contributed by atoms with Crippen molar-refractivity contribution in [2.45, 2.75) is 26.4 Å². The fourth-order valence-electron chi connectivity index (χ4n) is 1.32. The molecule has 0 fully saturated rings. The van der Waals surface area contributed by atoms with Crippen molar-refractivity contribution < 1.29 is 9.84 Å². The molecule has 0 aliphatic rings. The maximum atomic E-state index is 9.85. The molecule has 0 unspecified atom stereocenters. The van der Waals surface area contributed by atoms with Crippen molar-refractivity contribution in [2.75, 3.05) is 6.61 Å². The Morgan fingerprint density at radius 2 is 2.12 bits per heavy atom. The zero-order valence-electron chi connectivity index (χ0n) is 9.54. The predicted molar refractivity (Wildman–Crippen MR) is 62.6 cm³/mol. The number of hydrogen-bond donors (Lipinski definition) is 1. The van der Waals surface area contributed by atoms with Gasteiger partial charge in [0.15, 0.2) is 5.75 Å². The standard InChI is InChI=1S/C12H14ClNO2/c1-4-16-11-8(7-14)5-9(6-10(11)13)12(2,3)15/h5-6,15H,4H2,1-3H3. The van der Waals surface area contributed by atoms with Crippen molar-refractivity contribution in [1.82, 2.24) is 0 Å². The highest BCUT2D eigenvalue weighted by Gasteiger charge is 2.20. The second kappa shape index (κ2) is 4.73. The van der Waals surface area contributed by atoms with Gasteiger partial charge in [-0.05, 0) is 38.5 Å². The second-order valence-electron chi connectivity index (χ2n) is 3.94. The van der Waals surface area contributed by atoms with Crippen molar-refractivity contribution in [3.63, 3.8) is 0 Å². The van der Waals surface area contributed by atoms with Gasteiger partial charge in [-0.3, -0.25) is 0 Å². The highest BCUT2D eigenvalue weighted by atomic mass is 35.5. The third kappa shape index (κ3) is 2.66. The van der Waals surface area contributed by atoms with Gasteiger partial charge in [0.05, 0.1) is 22.8 Å². The zero-order valence-corrected chi connectivity index (χ0v) is 10.3. The van der Waals surface area contributed by atoms with E-state index in [-0.39, 0.29) is 0 Å². The average molecular weight is 240 g/mol. The fraction of sp³-hybridized carbons (Fsp3) is 0.417. The van der Waals surface area contributed by atoms with E-state index in [1.54, 1.807) is 26.0 Å². The molecule has 1 aromatic carbocycles. The average Bonchev–Trinajstić information content (AvgIpc) is 2.19. The Labute approximate surface area is 100 Å². The van der Waals surface area contributed by atoms with Crippen LogP contribution in [0.3, 0.4) is 0 Å². The summed E-state index contributed by atoms with van der Waals surface area (Å²) in [6, 6.07) is 5.23. The second-order valence-corrected chi connectivity index (χ2v) is 4.35. The van der Waals surface area contributed by atoms with Crippen LogP contribution in [-0.2, 0) is 5.60 Å². The highest BCUT2D eigenvalue weighted by Crippen LogP contribution is 2.33. The first-order chi connectivity index (χ1) is 7.40. The van der Waals surface area contributed by atoms with Gasteiger partial charge in [0.2, 0.25) is 0 Å². The summed E-state index contributed by atoms with van der Waals surface area (Å²) in [5.41, 5.74) is -0.0936. The predicted octanol–water partition coefficient (Wildman–Crippen LogP) is 2.84. The lowest BCUT2D eigenvalue weighted by atomic mass is 9.96. The number of nitrogens with zero attached hydrogens (tertiary/aromatic N) is 1. The van der Waals surface area contributed by atoms with Crippen molar-refractivity contribution in [3.05, 3.63) is 28.3 Å². The van der Waals surface area contributed by atoms with E-state index >= 15 is 0 Å². The quantitative estimate of drug-likeness (QED) is 0.883. The summed E-state index contributed by atoms with van der Waals surface area (Å²) < 4.78 is 5.29. The van der Waals surface area contributed by atoms with E-state index in [4.69, 9.17) is 21.6 Å². The summed E-state index contributed by atoms with van der Waals surface area (Å²) >= 11 is 6.01. The maximum absolute atomic E-state index is 9.85. The number of halogens is 1. The fourth-order valence-corrected chi connectivity index (χ4v) is 1.59. The van der Waals surface area contributed by atoms with Gasteiger partial charge in [0, 0.05) is 0 Å². The van der Waals surface area contributed by atoms with Crippen LogP contribution >= 0.6 is 11.6 Å². The Kier molecular flexibility index (Phi) is 3.79. The van der Waals surface area contributed by atoms with Crippen LogP contribution in [0.4, 0.5) is 0 Å². The SMILES string of the molecule is CCOc1c(Cl)cc(C(C)(C)O)cc1C#N. The molecule has 0 atom stereocenters. The van der Waals surface area contributed by atoms with E-state index in [9.17, 15) is 5.11 Å². The molecule has 1 N–H and O–H groups in total. The first-order valence-electron chi connectivity index (χ1n) is 4.99. The summed E-state index contributed by atoms with van der Waals surface area (Å²) in [6.45, 7) is 5.54. The third-order valence-corrected chi connectivity index (χ3v) is 2.44. The molecule has 0 bridgehead atoms. The number of aliphatic hydroxyl groups is 1. The Morgan fingerprint density at radius 3 is 2.56 bits per heavy atom. The molecule has 1 rings (SSSR count). The van der Waals surface area contributed by atoms with Crippen molar-refractivity contribution in [2.24, 2.45) is 0 Å². The molecule has 0 saturated heterocycles. The summed E-state index contributed by atoms with van der Waals surface area (Å²) in [7, 11) is 0. The van der Waals surface area contributed by atoms with E-state index in [2.05, 4.69) is 0 Å². The van der Waals surface area contributed by atoms with Crippen molar-refractivity contribution in [1.29, 1.82) is 5.26 Å². The topological polar surface area (TPSA) is 53.2 Å². The van der Waals surface area contributed by atoms with Gasteiger partial charge in [-0.1, -0.05) is 11.6 Å². The van der Waals surface area contributed by atoms with Crippen LogP contribution in [0.25, 0.3) is 0 Å². The first-order valence-corrected chi connectivity index (χ1v) is 5.37. The first kappa shape index (κ1) is 12.8. The lowest BCUT2D eigenvalue weighted by molar-refractivity contribution is 0.0785. The zero-order chi connectivity index (χ0) is 12.3. The normalized spacial score (nSPS) is 11.0. The Balaban J connectivity index is 3.34. The molecule has 0 aliphatic carbocycles. The number of nitriles is 1. The summed E-state index contributed by atoms with van der Waals surface area (Å²) in [6.07, 6.45) is 0. The Morgan fingerprint density at radius 1 is 1.50 bits per heavy atom. The van der Waals surface area contributed by atoms with Crippen LogP contribution in [0.15, 0.2) is 12.1 Å². The summed E-state index contributed by atoms with van der Waals surface area (Å²) in [4.78, 5) is 0. The van der Waals surface area contributed by atoms with Gasteiger partial charge in [-0.25, -0.2) is 0 Å². The van der Waals surface area contributed by atoms with Gasteiger partial charge in [-0.2, -0.15) is 5.26 Å². The van der Waals surface area contributed by atoms with Gasteiger partial charge in [-0.15, -0.1) is 0 Å². The largest absolute Gasteiger partial charge is 0.491 e. The highest BCUT2D eigenvalue weighted by molar-refractivity contribution is 6.32. The molecular weight excluding hydrogens is 226 g/mol. The molecule has 0 aliphatic heterocycles. The monoisotopic (exact) mass is 239 g/mol. The van der Waals surface area contributed by atoms with Gasteiger partial charge >= 0.3 is 0 Å². The minimum absolute atomic E-state index is 0.339. The van der Waals surface area contributed by atoms with Crippen LogP contribution in [-0.4, -0.2) is 11.7 Å². The number of ether oxygens (including phenoxy) is 1. The van der Waals surface area contributed by atoms with Crippen molar-refractivity contribution in [3.8, 4) is 11.8 Å². The molecule has 0 aromatic heterocycles.